The lowest BCUT2D eigenvalue weighted by molar-refractivity contribution is 0.289. The van der Waals surface area contributed by atoms with E-state index in [1.807, 2.05) is 36.4 Å². The Kier molecular flexibility index (Phi) is 3.35. The van der Waals surface area contributed by atoms with Crippen LogP contribution in [0.2, 0.25) is 0 Å². The number of nitrogens with two attached hydrogens (primary N) is 1. The third kappa shape index (κ3) is 2.53. The lowest BCUT2D eigenvalue weighted by Gasteiger charge is -2.09. The summed E-state index contributed by atoms with van der Waals surface area (Å²) >= 11 is 0. The number of nitrogens with zero attached hydrogens (tertiary/aromatic N) is 1. The first-order valence-corrected chi connectivity index (χ1v) is 5.40. The highest BCUT2D eigenvalue weighted by molar-refractivity contribution is 5.61. The molecule has 0 aliphatic rings. The Morgan fingerprint density at radius 3 is 2.61 bits per heavy atom. The first-order valence-electron chi connectivity index (χ1n) is 5.40. The number of nitrogen functional groups attached to an aromatic ring is 1. The summed E-state index contributed by atoms with van der Waals surface area (Å²) in [6, 6.07) is 14.3. The highest BCUT2D eigenvalue weighted by Gasteiger charge is 2.08. The zero-order valence-corrected chi connectivity index (χ0v) is 9.63. The van der Waals surface area contributed by atoms with Crippen LogP contribution in [0.1, 0.15) is 11.1 Å². The SMILES string of the molecule is N#Cc1cc(OCc2ccccc2)c(O)cc1N. The maximum Gasteiger partial charge on any atom is 0.162 e. The van der Waals surface area contributed by atoms with Gasteiger partial charge in [0.1, 0.15) is 12.7 Å². The fourth-order valence-corrected chi connectivity index (χ4v) is 1.53. The fourth-order valence-electron chi connectivity index (χ4n) is 1.53. The summed E-state index contributed by atoms with van der Waals surface area (Å²) in [5, 5.41) is 18.5. The monoisotopic (exact) mass is 240 g/mol. The van der Waals surface area contributed by atoms with E-state index in [1.54, 1.807) is 0 Å². The lowest BCUT2D eigenvalue weighted by Crippen LogP contribution is -1.97. The molecule has 0 saturated carbocycles. The van der Waals surface area contributed by atoms with Gasteiger partial charge in [0, 0.05) is 12.1 Å². The van der Waals surface area contributed by atoms with Gasteiger partial charge in [0.15, 0.2) is 11.5 Å². The second-order valence-electron chi connectivity index (χ2n) is 3.79. The van der Waals surface area contributed by atoms with Crippen LogP contribution in [0.5, 0.6) is 11.5 Å². The third-order valence-electron chi connectivity index (χ3n) is 2.49. The normalized spacial score (nSPS) is 9.72. The number of benzene rings is 2. The molecule has 0 amide bonds. The van der Waals surface area contributed by atoms with Crippen molar-refractivity contribution in [3.05, 3.63) is 53.6 Å². The molecule has 0 radical (unpaired) electrons. The first kappa shape index (κ1) is 11.8. The quantitative estimate of drug-likeness (QED) is 0.807. The minimum atomic E-state index is -0.0672. The zero-order valence-electron chi connectivity index (χ0n) is 9.63. The molecule has 0 atom stereocenters. The number of phenols is 1. The van der Waals surface area contributed by atoms with E-state index in [4.69, 9.17) is 15.7 Å². The Morgan fingerprint density at radius 1 is 1.22 bits per heavy atom. The summed E-state index contributed by atoms with van der Waals surface area (Å²) in [5.74, 6) is 0.187. The summed E-state index contributed by atoms with van der Waals surface area (Å²) in [5.41, 5.74) is 7.07. The Hall–Kier alpha value is -2.67. The van der Waals surface area contributed by atoms with Crippen molar-refractivity contribution in [2.75, 3.05) is 5.73 Å². The van der Waals surface area contributed by atoms with Crippen molar-refractivity contribution in [1.82, 2.24) is 0 Å². The number of hydrogen-bond acceptors (Lipinski definition) is 4. The molecule has 0 aliphatic heterocycles. The highest BCUT2D eigenvalue weighted by atomic mass is 16.5. The number of aromatic hydroxyl groups is 1. The zero-order chi connectivity index (χ0) is 13.0. The smallest absolute Gasteiger partial charge is 0.162 e. The molecule has 4 nitrogen and oxygen atoms in total. The van der Waals surface area contributed by atoms with Gasteiger partial charge in [-0.3, -0.25) is 0 Å². The highest BCUT2D eigenvalue weighted by Crippen LogP contribution is 2.31. The molecule has 0 saturated heterocycles. The topological polar surface area (TPSA) is 79.3 Å². The maximum atomic E-state index is 9.67. The largest absolute Gasteiger partial charge is 0.504 e. The molecular weight excluding hydrogens is 228 g/mol. The summed E-state index contributed by atoms with van der Waals surface area (Å²) in [6.45, 7) is 0.323. The molecule has 0 fully saturated rings. The third-order valence-corrected chi connectivity index (χ3v) is 2.49. The van der Waals surface area contributed by atoms with Gasteiger partial charge < -0.3 is 15.6 Å². The Labute approximate surface area is 105 Å². The average Bonchev–Trinajstić information content (AvgIpc) is 2.39. The number of rotatable bonds is 3. The summed E-state index contributed by atoms with van der Waals surface area (Å²) in [6.07, 6.45) is 0. The molecule has 0 heterocycles. The van der Waals surface area contributed by atoms with Crippen LogP contribution in [-0.2, 0) is 6.61 Å². The number of anilines is 1. The second-order valence-corrected chi connectivity index (χ2v) is 3.79. The Bertz CT molecular complexity index is 589. The van der Waals surface area contributed by atoms with E-state index in [1.165, 1.54) is 12.1 Å². The van der Waals surface area contributed by atoms with Crippen LogP contribution >= 0.6 is 0 Å². The standard InChI is InChI=1S/C14H12N2O2/c15-8-11-6-14(13(17)7-12(11)16)18-9-10-4-2-1-3-5-10/h1-7,17H,9,16H2. The molecular formula is C14H12N2O2. The van der Waals surface area contributed by atoms with Crippen LogP contribution in [0.15, 0.2) is 42.5 Å². The summed E-state index contributed by atoms with van der Waals surface area (Å²) < 4.78 is 5.46. The van der Waals surface area contributed by atoms with Gasteiger partial charge >= 0.3 is 0 Å². The van der Waals surface area contributed by atoms with E-state index in [9.17, 15) is 5.11 Å². The van der Waals surface area contributed by atoms with E-state index in [-0.39, 0.29) is 22.7 Å². The van der Waals surface area contributed by atoms with Crippen molar-refractivity contribution in [2.45, 2.75) is 6.61 Å². The fraction of sp³-hybridized carbons (Fsp3) is 0.0714. The second kappa shape index (κ2) is 5.11. The van der Waals surface area contributed by atoms with Crippen LogP contribution < -0.4 is 10.5 Å². The van der Waals surface area contributed by atoms with Crippen molar-refractivity contribution in [1.29, 1.82) is 5.26 Å². The Balaban J connectivity index is 2.17. The van der Waals surface area contributed by atoms with E-state index in [0.29, 0.717) is 6.61 Å². The predicted octanol–water partition coefficient (Wildman–Crippen LogP) is 2.43. The van der Waals surface area contributed by atoms with Crippen LogP contribution in [-0.4, -0.2) is 5.11 Å². The van der Waals surface area contributed by atoms with Crippen LogP contribution in [0.4, 0.5) is 5.69 Å². The Morgan fingerprint density at radius 2 is 1.94 bits per heavy atom. The van der Waals surface area contributed by atoms with E-state index in [2.05, 4.69) is 0 Å². The molecule has 90 valence electrons. The van der Waals surface area contributed by atoms with Crippen molar-refractivity contribution in [2.24, 2.45) is 0 Å². The van der Waals surface area contributed by atoms with Crippen molar-refractivity contribution >= 4 is 5.69 Å². The van der Waals surface area contributed by atoms with Crippen molar-refractivity contribution in [3.63, 3.8) is 0 Å². The molecule has 2 aromatic rings. The molecule has 2 rings (SSSR count). The first-order chi connectivity index (χ1) is 8.70. The van der Waals surface area contributed by atoms with Crippen LogP contribution in [0.25, 0.3) is 0 Å². The number of ether oxygens (including phenoxy) is 1. The number of phenolic OH excluding ortho intramolecular Hbond substituents is 1. The van der Waals surface area contributed by atoms with Gasteiger partial charge in [0.2, 0.25) is 0 Å². The lowest BCUT2D eigenvalue weighted by atomic mass is 10.1. The van der Waals surface area contributed by atoms with Gasteiger partial charge in [-0.15, -0.1) is 0 Å². The van der Waals surface area contributed by atoms with Gasteiger partial charge in [0.05, 0.1) is 11.3 Å². The van der Waals surface area contributed by atoms with Gasteiger partial charge in [-0.25, -0.2) is 0 Å². The average molecular weight is 240 g/mol. The molecule has 3 N–H and O–H groups in total. The minimum absolute atomic E-state index is 0.0672. The van der Waals surface area contributed by atoms with E-state index >= 15 is 0 Å². The van der Waals surface area contributed by atoms with Crippen LogP contribution in [0.3, 0.4) is 0 Å². The van der Waals surface area contributed by atoms with Gasteiger partial charge in [-0.1, -0.05) is 30.3 Å². The molecule has 0 spiro atoms. The van der Waals surface area contributed by atoms with Gasteiger partial charge in [0.25, 0.3) is 0 Å². The van der Waals surface area contributed by atoms with Gasteiger partial charge in [-0.2, -0.15) is 5.26 Å². The summed E-state index contributed by atoms with van der Waals surface area (Å²) in [4.78, 5) is 0. The maximum absolute atomic E-state index is 9.67. The van der Waals surface area contributed by atoms with Crippen LogP contribution in [0, 0.1) is 11.3 Å². The molecule has 4 heteroatoms. The molecule has 0 aromatic heterocycles. The molecule has 0 aliphatic carbocycles. The number of nitriles is 1. The van der Waals surface area contributed by atoms with Gasteiger partial charge in [-0.05, 0) is 5.56 Å². The van der Waals surface area contributed by atoms with Crippen molar-refractivity contribution in [3.8, 4) is 17.6 Å². The minimum Gasteiger partial charge on any atom is -0.504 e. The molecule has 18 heavy (non-hydrogen) atoms. The molecule has 0 unspecified atom stereocenters. The van der Waals surface area contributed by atoms with Crippen molar-refractivity contribution < 1.29 is 9.84 Å². The molecule has 2 aromatic carbocycles. The number of hydrogen-bond donors (Lipinski definition) is 2. The summed E-state index contributed by atoms with van der Waals surface area (Å²) in [7, 11) is 0. The van der Waals surface area contributed by atoms with E-state index < -0.39 is 0 Å². The molecule has 0 bridgehead atoms. The van der Waals surface area contributed by atoms with E-state index in [0.717, 1.165) is 5.56 Å². The predicted molar refractivity (Wildman–Crippen MR) is 68.0 cm³/mol.